The number of nitrogens with zero attached hydrogens (tertiary/aromatic N) is 4. The predicted molar refractivity (Wildman–Crippen MR) is 187 cm³/mol. The predicted octanol–water partition coefficient (Wildman–Crippen LogP) is 5.17. The van der Waals surface area contributed by atoms with Crippen molar-refractivity contribution in [3.63, 3.8) is 0 Å². The second-order valence-corrected chi connectivity index (χ2v) is 16.0. The standard InChI is InChI=1S/C35H53N5O6S2/c1-21(2)15-25(16-32-36-11-14-47-32)37-33(43)27-20-48-34(38-27)31(46-23(5)41)18-28(22(3)4)40(7)35(44)26(24-9-8-10-24)17-30(42)29-19-45-13-12-39(29)6/h11,14,20-22,24-26,28-29,31H,8-10,12-13,15-19H2,1-7H3,(H,37,43)/t25-,26+,28-,29-,31-/m1/s1. The Bertz CT molecular complexity index is 1360. The van der Waals surface area contributed by atoms with Gasteiger partial charge < -0.3 is 19.7 Å². The van der Waals surface area contributed by atoms with Crippen LogP contribution in [0.15, 0.2) is 17.0 Å². The van der Waals surface area contributed by atoms with E-state index in [1.165, 1.54) is 18.3 Å². The highest BCUT2D eigenvalue weighted by Gasteiger charge is 2.41. The van der Waals surface area contributed by atoms with Crippen LogP contribution < -0.4 is 5.32 Å². The molecule has 3 heterocycles. The maximum atomic E-state index is 14.2. The van der Waals surface area contributed by atoms with E-state index >= 15 is 0 Å². The van der Waals surface area contributed by atoms with Crippen molar-refractivity contribution in [3.8, 4) is 0 Å². The molecule has 0 bridgehead atoms. The Kier molecular flexibility index (Phi) is 14.1. The van der Waals surface area contributed by atoms with Crippen LogP contribution in [0.4, 0.5) is 0 Å². The summed E-state index contributed by atoms with van der Waals surface area (Å²) >= 11 is 2.84. The summed E-state index contributed by atoms with van der Waals surface area (Å²) in [5.41, 5.74) is 0.269. The number of aromatic nitrogens is 2. The molecule has 0 aromatic carbocycles. The Balaban J connectivity index is 1.48. The summed E-state index contributed by atoms with van der Waals surface area (Å²) in [4.78, 5) is 66.1. The van der Waals surface area contributed by atoms with Gasteiger partial charge in [0, 0.05) is 74.7 Å². The van der Waals surface area contributed by atoms with Gasteiger partial charge in [0.25, 0.3) is 5.91 Å². The molecule has 1 aliphatic heterocycles. The van der Waals surface area contributed by atoms with Crippen LogP contribution >= 0.6 is 22.7 Å². The number of ether oxygens (including phenoxy) is 2. The highest BCUT2D eigenvalue weighted by atomic mass is 32.1. The van der Waals surface area contributed by atoms with Crippen molar-refractivity contribution < 1.29 is 28.7 Å². The number of carbonyl (C=O) groups excluding carboxylic acids is 4. The number of likely N-dealkylation sites (N-methyl/N-ethyl adjacent to an activating group) is 1. The number of thiazole rings is 2. The number of rotatable bonds is 17. The Morgan fingerprint density at radius 2 is 1.90 bits per heavy atom. The number of ketones is 1. The van der Waals surface area contributed by atoms with E-state index in [0.717, 1.165) is 30.7 Å². The van der Waals surface area contributed by atoms with Crippen LogP contribution in [0.25, 0.3) is 0 Å². The molecule has 2 amide bonds. The molecule has 5 atom stereocenters. The summed E-state index contributed by atoms with van der Waals surface area (Å²) in [5, 5.41) is 8.23. The normalized spacial score (nSPS) is 19.7. The molecule has 2 fully saturated rings. The van der Waals surface area contributed by atoms with E-state index in [4.69, 9.17) is 9.47 Å². The van der Waals surface area contributed by atoms with Gasteiger partial charge in [-0.2, -0.15) is 0 Å². The lowest BCUT2D eigenvalue weighted by molar-refractivity contribution is -0.150. The molecule has 0 radical (unpaired) electrons. The molecule has 2 aliphatic rings. The highest BCUT2D eigenvalue weighted by Crippen LogP contribution is 2.38. The molecular weight excluding hydrogens is 651 g/mol. The first-order valence-electron chi connectivity index (χ1n) is 17.2. The number of morpholine rings is 1. The second-order valence-electron chi connectivity index (χ2n) is 14.1. The van der Waals surface area contributed by atoms with E-state index in [-0.39, 0.29) is 59.7 Å². The van der Waals surface area contributed by atoms with Crippen LogP contribution in [0.2, 0.25) is 0 Å². The smallest absolute Gasteiger partial charge is 0.303 e. The Hall–Kier alpha value is -2.74. The largest absolute Gasteiger partial charge is 0.455 e. The van der Waals surface area contributed by atoms with Gasteiger partial charge in [-0.3, -0.25) is 24.1 Å². The van der Waals surface area contributed by atoms with Crippen LogP contribution in [0.3, 0.4) is 0 Å². The van der Waals surface area contributed by atoms with Gasteiger partial charge in [0.2, 0.25) is 5.91 Å². The molecule has 0 spiro atoms. The van der Waals surface area contributed by atoms with Crippen LogP contribution in [-0.2, 0) is 30.3 Å². The maximum absolute atomic E-state index is 14.2. The van der Waals surface area contributed by atoms with Gasteiger partial charge in [0.1, 0.15) is 10.7 Å². The average molecular weight is 704 g/mol. The van der Waals surface area contributed by atoms with Gasteiger partial charge in [0.15, 0.2) is 11.9 Å². The lowest BCUT2D eigenvalue weighted by atomic mass is 9.72. The Labute approximate surface area is 293 Å². The molecule has 1 saturated carbocycles. The van der Waals surface area contributed by atoms with Crippen LogP contribution in [0, 0.1) is 23.7 Å². The summed E-state index contributed by atoms with van der Waals surface area (Å²) in [7, 11) is 3.73. The fourth-order valence-corrected chi connectivity index (χ4v) is 8.26. The molecule has 2 aromatic heterocycles. The van der Waals surface area contributed by atoms with E-state index < -0.39 is 18.0 Å². The maximum Gasteiger partial charge on any atom is 0.303 e. The lowest BCUT2D eigenvalue weighted by Crippen LogP contribution is -2.51. The molecular formula is C35H53N5O6S2. The number of esters is 1. The molecule has 1 aliphatic carbocycles. The molecule has 48 heavy (non-hydrogen) atoms. The number of Topliss-reactive ketones (excluding diaryl/α,β-unsaturated/α-hetero) is 1. The fourth-order valence-electron chi connectivity index (χ4n) is 6.72. The van der Waals surface area contributed by atoms with Crippen molar-refractivity contribution in [2.24, 2.45) is 23.7 Å². The summed E-state index contributed by atoms with van der Waals surface area (Å²) in [6.07, 6.45) is 5.90. The van der Waals surface area contributed by atoms with Crippen LogP contribution in [0.5, 0.6) is 0 Å². The third kappa shape index (κ3) is 10.4. The van der Waals surface area contributed by atoms with Crippen molar-refractivity contribution in [3.05, 3.63) is 32.7 Å². The van der Waals surface area contributed by atoms with Crippen molar-refractivity contribution in [2.75, 3.05) is 33.9 Å². The minimum atomic E-state index is -0.740. The molecule has 0 unspecified atom stereocenters. The van der Waals surface area contributed by atoms with E-state index in [2.05, 4.69) is 29.1 Å². The van der Waals surface area contributed by atoms with Gasteiger partial charge in [-0.15, -0.1) is 22.7 Å². The molecule has 4 rings (SSSR count). The number of hydrogen-bond donors (Lipinski definition) is 1. The van der Waals surface area contributed by atoms with Gasteiger partial charge >= 0.3 is 5.97 Å². The average Bonchev–Trinajstić information content (AvgIpc) is 3.69. The topological polar surface area (TPSA) is 131 Å². The van der Waals surface area contributed by atoms with Crippen molar-refractivity contribution in [1.82, 2.24) is 25.1 Å². The summed E-state index contributed by atoms with van der Waals surface area (Å²) in [6.45, 7) is 11.3. The third-order valence-electron chi connectivity index (χ3n) is 9.63. The fraction of sp³-hybridized carbons (Fsp3) is 0.714. The lowest BCUT2D eigenvalue weighted by Gasteiger charge is -2.40. The van der Waals surface area contributed by atoms with Crippen molar-refractivity contribution >= 4 is 46.2 Å². The summed E-state index contributed by atoms with van der Waals surface area (Å²) in [6, 6.07) is -0.724. The Morgan fingerprint density at radius 1 is 1.15 bits per heavy atom. The first-order valence-corrected chi connectivity index (χ1v) is 19.0. The number of nitrogens with one attached hydrogen (secondary N) is 1. The number of amides is 2. The zero-order valence-electron chi connectivity index (χ0n) is 29.5. The first kappa shape index (κ1) is 38.1. The summed E-state index contributed by atoms with van der Waals surface area (Å²) < 4.78 is 11.4. The van der Waals surface area contributed by atoms with Crippen LogP contribution in [-0.4, -0.2) is 95.3 Å². The van der Waals surface area contributed by atoms with E-state index in [1.54, 1.807) is 34.9 Å². The SMILES string of the molecule is CC(=O)O[C@H](C[C@H](C(C)C)N(C)C(=O)[C@@H](CC(=O)[C@H]1COCCN1C)C1CCC1)c1nc(C(=O)N[C@@H](Cc2nccs2)CC(C)C)cs1. The third-order valence-corrected chi connectivity index (χ3v) is 11.4. The molecule has 1 saturated heterocycles. The van der Waals surface area contributed by atoms with E-state index in [0.29, 0.717) is 43.5 Å². The summed E-state index contributed by atoms with van der Waals surface area (Å²) in [5.74, 6) is -0.575. The van der Waals surface area contributed by atoms with E-state index in [1.807, 2.05) is 31.2 Å². The van der Waals surface area contributed by atoms with E-state index in [9.17, 15) is 19.2 Å². The van der Waals surface area contributed by atoms with Gasteiger partial charge in [0.05, 0.1) is 24.3 Å². The van der Waals surface area contributed by atoms with Crippen molar-refractivity contribution in [2.45, 2.75) is 104 Å². The van der Waals surface area contributed by atoms with Gasteiger partial charge in [-0.25, -0.2) is 9.97 Å². The molecule has 2 aromatic rings. The molecule has 11 nitrogen and oxygen atoms in total. The Morgan fingerprint density at radius 3 is 2.48 bits per heavy atom. The molecule has 13 heteroatoms. The quantitative estimate of drug-likeness (QED) is 0.222. The second kappa shape index (κ2) is 17.8. The highest BCUT2D eigenvalue weighted by molar-refractivity contribution is 7.10. The molecule has 266 valence electrons. The van der Waals surface area contributed by atoms with Gasteiger partial charge in [-0.1, -0.05) is 34.1 Å². The first-order chi connectivity index (χ1) is 22.8. The van der Waals surface area contributed by atoms with Crippen molar-refractivity contribution in [1.29, 1.82) is 0 Å². The zero-order chi connectivity index (χ0) is 35.0. The number of carbonyl (C=O) groups is 4. The minimum absolute atomic E-state index is 0.0259. The zero-order valence-corrected chi connectivity index (χ0v) is 31.1. The van der Waals surface area contributed by atoms with Gasteiger partial charge in [-0.05, 0) is 44.1 Å². The van der Waals surface area contributed by atoms with Crippen LogP contribution in [0.1, 0.15) is 99.8 Å². The monoisotopic (exact) mass is 703 g/mol. The minimum Gasteiger partial charge on any atom is -0.455 e. The molecule has 1 N–H and O–H groups in total. The number of hydrogen-bond acceptors (Lipinski definition) is 11.